The normalized spacial score (nSPS) is 23.7. The number of phenols is 1. The highest BCUT2D eigenvalue weighted by molar-refractivity contribution is 5.65. The maximum absolute atomic E-state index is 10.4. The average molecular weight is 265 g/mol. The Morgan fingerprint density at radius 2 is 1.79 bits per heavy atom. The summed E-state index contributed by atoms with van der Waals surface area (Å²) in [5.41, 5.74) is 2.96. The van der Waals surface area contributed by atoms with E-state index in [1.165, 1.54) is 0 Å². The van der Waals surface area contributed by atoms with Crippen molar-refractivity contribution in [1.29, 1.82) is 0 Å². The topological polar surface area (TPSA) is 73.9 Å². The fraction of sp³-hybridized carbons (Fsp3) is 0.571. The van der Waals surface area contributed by atoms with Gasteiger partial charge in [-0.3, -0.25) is 0 Å². The Kier molecular flexibility index (Phi) is 3.03. The third-order valence-electron chi connectivity index (χ3n) is 3.78. The Morgan fingerprint density at radius 1 is 1.16 bits per heavy atom. The quantitative estimate of drug-likeness (QED) is 0.810. The molecule has 5 nitrogen and oxygen atoms in total. The number of benzene rings is 1. The highest BCUT2D eigenvalue weighted by atomic mass is 16.6. The van der Waals surface area contributed by atoms with Gasteiger partial charge in [0.25, 0.3) is 0 Å². The fourth-order valence-corrected chi connectivity index (χ4v) is 3.00. The van der Waals surface area contributed by atoms with E-state index in [0.717, 1.165) is 28.9 Å². The first-order valence-electron chi connectivity index (χ1n) is 6.66. The summed E-state index contributed by atoms with van der Waals surface area (Å²) in [7, 11) is 0. The minimum Gasteiger partial charge on any atom is -0.504 e. The van der Waals surface area contributed by atoms with Crippen LogP contribution in [0.2, 0.25) is 0 Å². The van der Waals surface area contributed by atoms with Crippen molar-refractivity contribution in [2.75, 3.05) is 6.61 Å². The van der Waals surface area contributed by atoms with Crippen LogP contribution in [0.15, 0.2) is 0 Å². The molecule has 0 fully saturated rings. The van der Waals surface area contributed by atoms with Crippen molar-refractivity contribution in [3.63, 3.8) is 0 Å². The van der Waals surface area contributed by atoms with Gasteiger partial charge in [0.2, 0.25) is 0 Å². The zero-order valence-electron chi connectivity index (χ0n) is 11.2. The largest absolute Gasteiger partial charge is 0.504 e. The molecule has 104 valence electrons. The third-order valence-corrected chi connectivity index (χ3v) is 3.78. The lowest BCUT2D eigenvalue weighted by Gasteiger charge is -2.14. The molecule has 5 heteroatoms. The molecular weight excluding hydrogens is 246 g/mol. The van der Waals surface area contributed by atoms with Crippen LogP contribution in [-0.2, 0) is 24.1 Å². The van der Waals surface area contributed by atoms with Gasteiger partial charge in [-0.2, -0.15) is 0 Å². The van der Waals surface area contributed by atoms with Crippen LogP contribution in [-0.4, -0.2) is 23.9 Å². The van der Waals surface area contributed by atoms with Gasteiger partial charge < -0.3 is 19.4 Å². The highest BCUT2D eigenvalue weighted by Gasteiger charge is 2.35. The number of phenolic OH excluding ortho intramolecular Hbond substituents is 1. The molecule has 1 aromatic rings. The molecule has 2 unspecified atom stereocenters. The lowest BCUT2D eigenvalue weighted by molar-refractivity contribution is 0.140. The van der Waals surface area contributed by atoms with Crippen LogP contribution in [0.4, 0.5) is 0 Å². The molecule has 19 heavy (non-hydrogen) atoms. The number of aromatic hydroxyl groups is 1. The van der Waals surface area contributed by atoms with E-state index in [1.54, 1.807) is 0 Å². The molecule has 0 radical (unpaired) electrons. The first kappa shape index (κ1) is 12.6. The van der Waals surface area contributed by atoms with Gasteiger partial charge >= 0.3 is 0 Å². The monoisotopic (exact) mass is 265 g/mol. The highest BCUT2D eigenvalue weighted by Crippen LogP contribution is 2.50. The van der Waals surface area contributed by atoms with Crippen molar-refractivity contribution < 1.29 is 19.4 Å². The Hall–Kier alpha value is -1.46. The summed E-state index contributed by atoms with van der Waals surface area (Å²) >= 11 is 0. The molecule has 2 aliphatic rings. The molecule has 0 amide bonds. The smallest absolute Gasteiger partial charge is 0.165 e. The summed E-state index contributed by atoms with van der Waals surface area (Å²) in [6, 6.07) is 0. The van der Waals surface area contributed by atoms with Crippen molar-refractivity contribution >= 4 is 0 Å². The summed E-state index contributed by atoms with van der Waals surface area (Å²) in [5, 5.41) is 10.4. The summed E-state index contributed by atoms with van der Waals surface area (Å²) in [4.78, 5) is 4.69. The Balaban J connectivity index is 2.12. The number of hydrogen-bond donors (Lipinski definition) is 2. The van der Waals surface area contributed by atoms with Crippen molar-refractivity contribution in [1.82, 2.24) is 0 Å². The zero-order valence-corrected chi connectivity index (χ0v) is 11.2. The van der Waals surface area contributed by atoms with Crippen LogP contribution in [0, 0.1) is 0 Å². The molecule has 3 N–H and O–H groups in total. The maximum atomic E-state index is 10.4. The van der Waals surface area contributed by atoms with Crippen LogP contribution in [0.1, 0.15) is 30.5 Å². The van der Waals surface area contributed by atoms with Crippen LogP contribution in [0.3, 0.4) is 0 Å². The van der Waals surface area contributed by atoms with Gasteiger partial charge in [0.05, 0.1) is 6.61 Å². The van der Waals surface area contributed by atoms with E-state index in [9.17, 15) is 5.11 Å². The van der Waals surface area contributed by atoms with E-state index in [2.05, 4.69) is 0 Å². The second kappa shape index (κ2) is 4.58. The van der Waals surface area contributed by atoms with Gasteiger partial charge in [-0.15, -0.1) is 0 Å². The number of hydrogen-bond acceptors (Lipinski definition) is 5. The second-order valence-electron chi connectivity index (χ2n) is 5.33. The fourth-order valence-electron chi connectivity index (χ4n) is 3.00. The van der Waals surface area contributed by atoms with E-state index >= 15 is 0 Å². The predicted octanol–water partition coefficient (Wildman–Crippen LogP) is 1.47. The zero-order chi connectivity index (χ0) is 13.6. The molecular formula is C14H19NO4. The van der Waals surface area contributed by atoms with E-state index < -0.39 is 0 Å². The van der Waals surface area contributed by atoms with Crippen molar-refractivity contribution in [2.45, 2.75) is 45.3 Å². The molecule has 2 atom stereocenters. The van der Waals surface area contributed by atoms with Crippen LogP contribution in [0.25, 0.3) is 0 Å². The predicted molar refractivity (Wildman–Crippen MR) is 69.5 cm³/mol. The summed E-state index contributed by atoms with van der Waals surface area (Å²) in [6.45, 7) is 4.42. The summed E-state index contributed by atoms with van der Waals surface area (Å²) < 4.78 is 11.6. The Labute approximate surface area is 112 Å². The molecule has 0 aliphatic carbocycles. The summed E-state index contributed by atoms with van der Waals surface area (Å²) in [5.74, 6) is 6.80. The minimum absolute atomic E-state index is 0.0818. The molecule has 0 saturated carbocycles. The van der Waals surface area contributed by atoms with Gasteiger partial charge in [0.1, 0.15) is 18.0 Å². The number of fused-ring (bicyclic) bond motifs is 2. The molecule has 0 bridgehead atoms. The molecule has 1 aromatic carbocycles. The standard InChI is InChI=1S/C14H19NO4/c1-7-5-10-9(3-4-17-15)13-11(6-8(2)18-13)12(16)14(10)19-7/h7-8,16H,3-6,15H2,1-2H3. The summed E-state index contributed by atoms with van der Waals surface area (Å²) in [6.07, 6.45) is 2.33. The van der Waals surface area contributed by atoms with Gasteiger partial charge in [-0.05, 0) is 13.8 Å². The van der Waals surface area contributed by atoms with Crippen molar-refractivity contribution in [3.05, 3.63) is 16.7 Å². The number of nitrogens with two attached hydrogens (primary N) is 1. The van der Waals surface area contributed by atoms with Crippen molar-refractivity contribution in [2.24, 2.45) is 5.90 Å². The Morgan fingerprint density at radius 3 is 2.47 bits per heavy atom. The molecule has 0 saturated heterocycles. The second-order valence-corrected chi connectivity index (χ2v) is 5.33. The van der Waals surface area contributed by atoms with Gasteiger partial charge in [-0.25, -0.2) is 5.90 Å². The molecule has 2 heterocycles. The Bertz CT molecular complexity index is 476. The average Bonchev–Trinajstić information content (AvgIpc) is 2.93. The molecule has 0 aromatic heterocycles. The SMILES string of the molecule is CC1Cc2c(CCON)c3c(c(O)c2O1)CC(C)O3. The number of rotatable bonds is 3. The van der Waals surface area contributed by atoms with Gasteiger partial charge in [-0.1, -0.05) is 0 Å². The van der Waals surface area contributed by atoms with Gasteiger partial charge in [0, 0.05) is 36.0 Å². The van der Waals surface area contributed by atoms with Crippen LogP contribution >= 0.6 is 0 Å². The van der Waals surface area contributed by atoms with Crippen LogP contribution in [0.5, 0.6) is 17.2 Å². The van der Waals surface area contributed by atoms with E-state index in [4.69, 9.17) is 20.2 Å². The van der Waals surface area contributed by atoms with E-state index in [1.807, 2.05) is 13.8 Å². The first-order valence-corrected chi connectivity index (χ1v) is 6.66. The van der Waals surface area contributed by atoms with E-state index in [0.29, 0.717) is 25.2 Å². The lowest BCUT2D eigenvalue weighted by Crippen LogP contribution is -2.09. The van der Waals surface area contributed by atoms with E-state index in [-0.39, 0.29) is 18.0 Å². The van der Waals surface area contributed by atoms with Crippen molar-refractivity contribution in [3.8, 4) is 17.2 Å². The molecule has 0 spiro atoms. The molecule has 2 aliphatic heterocycles. The van der Waals surface area contributed by atoms with Gasteiger partial charge in [0.15, 0.2) is 11.5 Å². The minimum atomic E-state index is 0.0818. The first-order chi connectivity index (χ1) is 9.11. The molecule has 3 rings (SSSR count). The number of ether oxygens (including phenoxy) is 2. The lowest BCUT2D eigenvalue weighted by atomic mass is 9.95. The third kappa shape index (κ3) is 1.93. The maximum Gasteiger partial charge on any atom is 0.165 e. The van der Waals surface area contributed by atoms with Crippen LogP contribution < -0.4 is 15.4 Å².